The molecule has 1 saturated carbocycles. The number of hydrogen-bond acceptors (Lipinski definition) is 2. The van der Waals surface area contributed by atoms with Gasteiger partial charge in [-0.1, -0.05) is 26.2 Å². The van der Waals surface area contributed by atoms with Crippen LogP contribution in [0.25, 0.3) is 0 Å². The molecule has 0 amide bonds. The number of nitrogens with zero attached hydrogens (tertiary/aromatic N) is 1. The van der Waals surface area contributed by atoms with Gasteiger partial charge in [0.15, 0.2) is 0 Å². The molecule has 2 fully saturated rings. The largest absolute Gasteiger partial charge is 0.312 e. The maximum absolute atomic E-state index is 3.90. The van der Waals surface area contributed by atoms with E-state index in [4.69, 9.17) is 0 Å². The van der Waals surface area contributed by atoms with Gasteiger partial charge >= 0.3 is 0 Å². The van der Waals surface area contributed by atoms with E-state index in [2.05, 4.69) is 29.0 Å². The predicted octanol–water partition coefficient (Wildman–Crippen LogP) is 3.96. The fraction of sp³-hybridized carbons (Fsp3) is 0.895. The van der Waals surface area contributed by atoms with Crippen LogP contribution in [0, 0.1) is 11.8 Å². The van der Waals surface area contributed by atoms with Crippen LogP contribution in [0.4, 0.5) is 0 Å². The van der Waals surface area contributed by atoms with Crippen LogP contribution in [-0.4, -0.2) is 36.1 Å². The normalized spacial score (nSPS) is 23.5. The Balaban J connectivity index is 2.10. The monoisotopic (exact) mass is 290 g/mol. The van der Waals surface area contributed by atoms with E-state index in [-0.39, 0.29) is 0 Å². The molecule has 0 aromatic rings. The van der Waals surface area contributed by atoms with E-state index in [0.29, 0.717) is 11.6 Å². The van der Waals surface area contributed by atoms with E-state index in [9.17, 15) is 0 Å². The predicted molar refractivity (Wildman–Crippen MR) is 91.4 cm³/mol. The highest BCUT2D eigenvalue weighted by Crippen LogP contribution is 2.41. The van der Waals surface area contributed by atoms with E-state index in [1.54, 1.807) is 0 Å². The molecule has 0 bridgehead atoms. The summed E-state index contributed by atoms with van der Waals surface area (Å²) in [5.41, 5.74) is 0.436. The van der Waals surface area contributed by atoms with Crippen molar-refractivity contribution in [1.82, 2.24) is 10.2 Å². The Hall–Kier alpha value is -0.520. The van der Waals surface area contributed by atoms with Crippen LogP contribution in [0.3, 0.4) is 0 Å². The minimum atomic E-state index is 0.436. The lowest BCUT2D eigenvalue weighted by molar-refractivity contribution is 0.0344. The first-order chi connectivity index (χ1) is 10.3. The number of hydrogen-bond donors (Lipinski definition) is 1. The highest BCUT2D eigenvalue weighted by atomic mass is 15.2. The second-order valence-corrected chi connectivity index (χ2v) is 6.83. The molecule has 2 nitrogen and oxygen atoms in total. The van der Waals surface area contributed by atoms with E-state index < -0.39 is 0 Å². The molecule has 1 aliphatic heterocycles. The lowest BCUT2D eigenvalue weighted by Gasteiger charge is -2.49. The van der Waals surface area contributed by atoms with Crippen molar-refractivity contribution in [3.05, 3.63) is 0 Å². The van der Waals surface area contributed by atoms with E-state index in [1.807, 2.05) is 6.92 Å². The van der Waals surface area contributed by atoms with Gasteiger partial charge in [-0.15, -0.1) is 11.8 Å². The van der Waals surface area contributed by atoms with Crippen LogP contribution in [-0.2, 0) is 0 Å². The van der Waals surface area contributed by atoms with Crippen molar-refractivity contribution in [3.8, 4) is 11.8 Å². The molecule has 0 spiro atoms. The molecule has 2 heteroatoms. The van der Waals surface area contributed by atoms with Crippen molar-refractivity contribution >= 4 is 0 Å². The molecular formula is C19H34N2. The summed E-state index contributed by atoms with van der Waals surface area (Å²) in [6.07, 6.45) is 13.4. The van der Waals surface area contributed by atoms with Gasteiger partial charge in [0.1, 0.15) is 0 Å². The van der Waals surface area contributed by atoms with Crippen molar-refractivity contribution < 1.29 is 0 Å². The van der Waals surface area contributed by atoms with Crippen LogP contribution in [0.5, 0.6) is 0 Å². The maximum Gasteiger partial charge on any atom is 0.0362 e. The summed E-state index contributed by atoms with van der Waals surface area (Å²) in [6.45, 7) is 8.04. The zero-order valence-corrected chi connectivity index (χ0v) is 14.2. The first-order valence-electron chi connectivity index (χ1n) is 9.21. The maximum atomic E-state index is 3.90. The molecule has 1 atom stereocenters. The average molecular weight is 290 g/mol. The third-order valence-electron chi connectivity index (χ3n) is 5.48. The van der Waals surface area contributed by atoms with E-state index in [0.717, 1.165) is 13.0 Å². The summed E-state index contributed by atoms with van der Waals surface area (Å²) in [5, 5.41) is 3.90. The van der Waals surface area contributed by atoms with Gasteiger partial charge in [0, 0.05) is 18.0 Å². The first-order valence-corrected chi connectivity index (χ1v) is 9.21. The van der Waals surface area contributed by atoms with Crippen molar-refractivity contribution in [2.45, 2.75) is 89.6 Å². The molecule has 0 aromatic heterocycles. The van der Waals surface area contributed by atoms with Crippen molar-refractivity contribution in [3.63, 3.8) is 0 Å². The molecule has 1 heterocycles. The molecule has 120 valence electrons. The lowest BCUT2D eigenvalue weighted by atomic mass is 9.82. The van der Waals surface area contributed by atoms with Gasteiger partial charge in [0.2, 0.25) is 0 Å². The van der Waals surface area contributed by atoms with Gasteiger partial charge in [-0.2, -0.15) is 0 Å². The summed E-state index contributed by atoms with van der Waals surface area (Å²) in [4.78, 5) is 2.86. The van der Waals surface area contributed by atoms with E-state index >= 15 is 0 Å². The molecule has 1 unspecified atom stereocenters. The highest BCUT2D eigenvalue weighted by molar-refractivity contribution is 5.06. The van der Waals surface area contributed by atoms with Gasteiger partial charge < -0.3 is 5.32 Å². The Morgan fingerprint density at radius 1 is 1.10 bits per heavy atom. The Labute approximate surface area is 132 Å². The fourth-order valence-corrected chi connectivity index (χ4v) is 4.43. The molecule has 1 aliphatic carbocycles. The molecule has 2 rings (SSSR count). The van der Waals surface area contributed by atoms with Gasteiger partial charge in [0.05, 0.1) is 0 Å². The van der Waals surface area contributed by atoms with Gasteiger partial charge in [-0.3, -0.25) is 4.90 Å². The lowest BCUT2D eigenvalue weighted by Crippen LogP contribution is -2.61. The summed E-state index contributed by atoms with van der Waals surface area (Å²) in [7, 11) is 0. The molecular weight excluding hydrogens is 256 g/mol. The topological polar surface area (TPSA) is 15.3 Å². The fourth-order valence-electron chi connectivity index (χ4n) is 4.43. The number of rotatable bonds is 7. The second-order valence-electron chi connectivity index (χ2n) is 6.83. The van der Waals surface area contributed by atoms with Crippen molar-refractivity contribution in [2.24, 2.45) is 0 Å². The summed E-state index contributed by atoms with van der Waals surface area (Å²) in [6, 6.07) is 0.638. The Morgan fingerprint density at radius 3 is 2.43 bits per heavy atom. The van der Waals surface area contributed by atoms with Gasteiger partial charge in [0.25, 0.3) is 0 Å². The smallest absolute Gasteiger partial charge is 0.0362 e. The van der Waals surface area contributed by atoms with Crippen molar-refractivity contribution in [1.29, 1.82) is 0 Å². The van der Waals surface area contributed by atoms with Gasteiger partial charge in [-0.25, -0.2) is 0 Å². The number of piperidine rings is 1. The molecule has 2 aliphatic rings. The Morgan fingerprint density at radius 2 is 1.81 bits per heavy atom. The summed E-state index contributed by atoms with van der Waals surface area (Å²) in [5.74, 6) is 6.36. The standard InChI is InChI=1S/C19H34N2/c1-3-5-7-12-18(20-15-4-2)19(13-8-9-14-19)21-16-10-6-11-17-21/h18,20H,4,6-17H2,1-2H3. The Bertz CT molecular complexity index is 340. The molecule has 0 radical (unpaired) electrons. The SMILES string of the molecule is CC#CCCC(NCCC)C1(N2CCCCC2)CCCC1. The van der Waals surface area contributed by atoms with Crippen molar-refractivity contribution in [2.75, 3.05) is 19.6 Å². The highest BCUT2D eigenvalue weighted by Gasteiger charge is 2.45. The average Bonchev–Trinajstić information content (AvgIpc) is 3.02. The molecule has 1 saturated heterocycles. The van der Waals surface area contributed by atoms with Crippen LogP contribution in [0.15, 0.2) is 0 Å². The van der Waals surface area contributed by atoms with Gasteiger partial charge in [-0.05, 0) is 65.1 Å². The third-order valence-corrected chi connectivity index (χ3v) is 5.48. The number of likely N-dealkylation sites (tertiary alicyclic amines) is 1. The molecule has 1 N–H and O–H groups in total. The van der Waals surface area contributed by atoms with Crippen LogP contribution in [0.1, 0.15) is 78.1 Å². The molecule has 0 aromatic carbocycles. The summed E-state index contributed by atoms with van der Waals surface area (Å²) >= 11 is 0. The minimum Gasteiger partial charge on any atom is -0.312 e. The zero-order chi connectivity index (χ0) is 15.0. The Kier molecular flexibility index (Phi) is 7.07. The van der Waals surface area contributed by atoms with Crippen LogP contribution < -0.4 is 5.32 Å². The van der Waals surface area contributed by atoms with E-state index in [1.165, 1.54) is 70.9 Å². The van der Waals surface area contributed by atoms with Crippen LogP contribution >= 0.6 is 0 Å². The molecule has 21 heavy (non-hydrogen) atoms. The quantitative estimate of drug-likeness (QED) is 0.714. The minimum absolute atomic E-state index is 0.436. The zero-order valence-electron chi connectivity index (χ0n) is 14.2. The summed E-state index contributed by atoms with van der Waals surface area (Å²) < 4.78 is 0. The third kappa shape index (κ3) is 4.24. The van der Waals surface area contributed by atoms with Crippen LogP contribution in [0.2, 0.25) is 0 Å². The second kappa shape index (κ2) is 8.81. The number of nitrogens with one attached hydrogen (secondary N) is 1. The first kappa shape index (κ1) is 16.8.